The van der Waals surface area contributed by atoms with Crippen LogP contribution < -0.4 is 5.32 Å². The van der Waals surface area contributed by atoms with Gasteiger partial charge in [-0.05, 0) is 24.5 Å². The lowest BCUT2D eigenvalue weighted by Crippen LogP contribution is -2.30. The second kappa shape index (κ2) is 6.79. The number of hydrogen-bond donors (Lipinski definition) is 1. The lowest BCUT2D eigenvalue weighted by molar-refractivity contribution is 0.333. The second-order valence-electron chi connectivity index (χ2n) is 6.75. The number of hydrogen-bond acceptors (Lipinski definition) is 7. The molecule has 1 aliphatic rings. The first-order valence-corrected chi connectivity index (χ1v) is 8.69. The molecule has 1 aliphatic heterocycles. The zero-order valence-corrected chi connectivity index (χ0v) is 14.5. The second-order valence-corrected chi connectivity index (χ2v) is 6.75. The van der Waals surface area contributed by atoms with Crippen molar-refractivity contribution in [1.29, 1.82) is 0 Å². The van der Waals surface area contributed by atoms with Crippen LogP contribution in [0.2, 0.25) is 0 Å². The topological polar surface area (TPSA) is 94.8 Å². The van der Waals surface area contributed by atoms with Gasteiger partial charge in [-0.1, -0.05) is 13.8 Å². The Hall–Kier alpha value is -2.48. The van der Waals surface area contributed by atoms with E-state index in [0.29, 0.717) is 35.9 Å². The third-order valence-corrected chi connectivity index (χ3v) is 4.50. The number of aromatic nitrogens is 5. The summed E-state index contributed by atoms with van der Waals surface area (Å²) in [5, 5.41) is 20.1. The quantitative estimate of drug-likeness (QED) is 0.735. The highest BCUT2D eigenvalue weighted by Crippen LogP contribution is 2.23. The molecule has 0 spiro atoms. The molecule has 4 heterocycles. The molecule has 25 heavy (non-hydrogen) atoms. The Bertz CT molecular complexity index is 820. The first-order chi connectivity index (χ1) is 12.2. The molecule has 0 aromatic carbocycles. The van der Waals surface area contributed by atoms with Gasteiger partial charge in [0.1, 0.15) is 11.6 Å². The van der Waals surface area contributed by atoms with Crippen molar-refractivity contribution in [2.45, 2.75) is 45.7 Å². The summed E-state index contributed by atoms with van der Waals surface area (Å²) >= 11 is 0. The summed E-state index contributed by atoms with van der Waals surface area (Å²) < 4.78 is 13.1. The molecule has 0 radical (unpaired) electrons. The Morgan fingerprint density at radius 2 is 2.20 bits per heavy atom. The fourth-order valence-corrected chi connectivity index (χ4v) is 3.22. The molecule has 1 atom stereocenters. The van der Waals surface area contributed by atoms with Gasteiger partial charge in [0, 0.05) is 25.4 Å². The number of nitrogens with zero attached hydrogens (tertiary/aromatic N) is 5. The molecule has 0 amide bonds. The molecule has 1 unspecified atom stereocenters. The van der Waals surface area contributed by atoms with Gasteiger partial charge in [0.2, 0.25) is 5.89 Å². The van der Waals surface area contributed by atoms with Gasteiger partial charge in [-0.2, -0.15) is 0 Å². The van der Waals surface area contributed by atoms with Gasteiger partial charge in [-0.25, -0.2) is 0 Å². The highest BCUT2D eigenvalue weighted by Gasteiger charge is 2.23. The SMILES string of the molecule is CC(C)c1nnc2n1CC(CNCc1nnc(-c3ccco3)o1)CC2. The van der Waals surface area contributed by atoms with E-state index >= 15 is 0 Å². The van der Waals surface area contributed by atoms with E-state index in [1.54, 1.807) is 18.4 Å². The largest absolute Gasteiger partial charge is 0.459 e. The first kappa shape index (κ1) is 16.0. The fourth-order valence-electron chi connectivity index (χ4n) is 3.22. The Kier molecular flexibility index (Phi) is 4.35. The summed E-state index contributed by atoms with van der Waals surface area (Å²) in [5.41, 5.74) is 0. The Balaban J connectivity index is 1.31. The Labute approximate surface area is 145 Å². The summed E-state index contributed by atoms with van der Waals surface area (Å²) in [6, 6.07) is 3.60. The van der Waals surface area contributed by atoms with Crippen molar-refractivity contribution in [2.24, 2.45) is 5.92 Å². The molecule has 3 aromatic rings. The van der Waals surface area contributed by atoms with Crippen LogP contribution in [0.1, 0.15) is 43.7 Å². The minimum Gasteiger partial charge on any atom is -0.459 e. The number of rotatable bonds is 6. The van der Waals surface area contributed by atoms with Crippen molar-refractivity contribution < 1.29 is 8.83 Å². The lowest BCUT2D eigenvalue weighted by Gasteiger charge is -2.25. The molecular formula is C17H22N6O2. The highest BCUT2D eigenvalue weighted by atomic mass is 16.4. The van der Waals surface area contributed by atoms with Crippen molar-refractivity contribution in [1.82, 2.24) is 30.3 Å². The van der Waals surface area contributed by atoms with Crippen LogP contribution in [0.15, 0.2) is 27.2 Å². The predicted molar refractivity (Wildman–Crippen MR) is 89.6 cm³/mol. The number of nitrogens with one attached hydrogen (secondary N) is 1. The summed E-state index contributed by atoms with van der Waals surface area (Å²) in [6.45, 7) is 6.73. The van der Waals surface area contributed by atoms with Crippen LogP contribution in [0.25, 0.3) is 11.7 Å². The van der Waals surface area contributed by atoms with Gasteiger partial charge < -0.3 is 18.7 Å². The molecule has 0 saturated carbocycles. The number of fused-ring (bicyclic) bond motifs is 1. The zero-order valence-electron chi connectivity index (χ0n) is 14.5. The molecule has 8 nitrogen and oxygen atoms in total. The minimum absolute atomic E-state index is 0.395. The van der Waals surface area contributed by atoms with Crippen molar-refractivity contribution >= 4 is 0 Å². The zero-order chi connectivity index (χ0) is 17.2. The lowest BCUT2D eigenvalue weighted by atomic mass is 9.98. The molecule has 0 saturated heterocycles. The fraction of sp³-hybridized carbons (Fsp3) is 0.529. The third kappa shape index (κ3) is 3.34. The maximum atomic E-state index is 5.61. The summed E-state index contributed by atoms with van der Waals surface area (Å²) in [5.74, 6) is 4.71. The smallest absolute Gasteiger partial charge is 0.283 e. The molecule has 0 bridgehead atoms. The molecule has 8 heteroatoms. The Morgan fingerprint density at radius 3 is 3.00 bits per heavy atom. The molecule has 0 aliphatic carbocycles. The van der Waals surface area contributed by atoms with E-state index in [4.69, 9.17) is 8.83 Å². The van der Waals surface area contributed by atoms with Gasteiger partial charge in [0.05, 0.1) is 12.8 Å². The number of aryl methyl sites for hydroxylation is 1. The van der Waals surface area contributed by atoms with Crippen LogP contribution in [-0.4, -0.2) is 31.5 Å². The van der Waals surface area contributed by atoms with E-state index in [-0.39, 0.29) is 0 Å². The molecule has 132 valence electrons. The summed E-state index contributed by atoms with van der Waals surface area (Å²) in [4.78, 5) is 0. The standard InChI is InChI=1S/C17H22N6O2/c1-11(2)16-21-19-14-6-5-12(10-23(14)16)8-18-9-15-20-22-17(25-15)13-4-3-7-24-13/h3-4,7,11-12,18H,5-6,8-10H2,1-2H3. The van der Waals surface area contributed by atoms with Crippen LogP contribution in [-0.2, 0) is 19.5 Å². The van der Waals surface area contributed by atoms with E-state index in [9.17, 15) is 0 Å². The normalized spacial score (nSPS) is 17.2. The van der Waals surface area contributed by atoms with Gasteiger partial charge in [0.15, 0.2) is 5.76 Å². The van der Waals surface area contributed by atoms with Gasteiger partial charge in [0.25, 0.3) is 5.89 Å². The maximum absolute atomic E-state index is 5.61. The van der Waals surface area contributed by atoms with E-state index < -0.39 is 0 Å². The van der Waals surface area contributed by atoms with Gasteiger partial charge >= 0.3 is 0 Å². The minimum atomic E-state index is 0.395. The van der Waals surface area contributed by atoms with Crippen LogP contribution in [0.3, 0.4) is 0 Å². The molecule has 4 rings (SSSR count). The van der Waals surface area contributed by atoms with Crippen LogP contribution in [0.5, 0.6) is 0 Å². The summed E-state index contributed by atoms with van der Waals surface area (Å²) in [6.07, 6.45) is 3.69. The van der Waals surface area contributed by atoms with Crippen molar-refractivity contribution in [3.05, 3.63) is 35.9 Å². The first-order valence-electron chi connectivity index (χ1n) is 8.69. The van der Waals surface area contributed by atoms with E-state index in [0.717, 1.165) is 37.6 Å². The van der Waals surface area contributed by atoms with E-state index in [1.807, 2.05) is 0 Å². The average molecular weight is 342 g/mol. The summed E-state index contributed by atoms with van der Waals surface area (Å²) in [7, 11) is 0. The van der Waals surface area contributed by atoms with E-state index in [1.165, 1.54) is 0 Å². The molecule has 0 fully saturated rings. The highest BCUT2D eigenvalue weighted by molar-refractivity contribution is 5.42. The van der Waals surface area contributed by atoms with Gasteiger partial charge in [-0.15, -0.1) is 20.4 Å². The number of furan rings is 1. The van der Waals surface area contributed by atoms with Crippen LogP contribution in [0, 0.1) is 5.92 Å². The van der Waals surface area contributed by atoms with Crippen molar-refractivity contribution in [2.75, 3.05) is 6.54 Å². The van der Waals surface area contributed by atoms with E-state index in [2.05, 4.69) is 44.1 Å². The van der Waals surface area contributed by atoms with Crippen molar-refractivity contribution in [3.8, 4) is 11.7 Å². The molecule has 1 N–H and O–H groups in total. The van der Waals surface area contributed by atoms with Gasteiger partial charge in [-0.3, -0.25) is 0 Å². The van der Waals surface area contributed by atoms with Crippen molar-refractivity contribution in [3.63, 3.8) is 0 Å². The molecular weight excluding hydrogens is 320 g/mol. The maximum Gasteiger partial charge on any atom is 0.283 e. The Morgan fingerprint density at radius 1 is 1.28 bits per heavy atom. The molecule has 3 aromatic heterocycles. The van der Waals surface area contributed by atoms with Crippen LogP contribution in [0.4, 0.5) is 0 Å². The van der Waals surface area contributed by atoms with Crippen LogP contribution >= 0.6 is 0 Å². The monoisotopic (exact) mass is 342 g/mol. The third-order valence-electron chi connectivity index (χ3n) is 4.50. The predicted octanol–water partition coefficient (Wildman–Crippen LogP) is 2.40. The average Bonchev–Trinajstić information content (AvgIpc) is 3.34.